The van der Waals surface area contributed by atoms with Crippen LogP contribution in [0.25, 0.3) is 33.4 Å². The van der Waals surface area contributed by atoms with Crippen molar-refractivity contribution in [2.24, 2.45) is 0 Å². The van der Waals surface area contributed by atoms with Gasteiger partial charge in [-0.1, -0.05) is 41.4 Å². The predicted octanol–water partition coefficient (Wildman–Crippen LogP) is 5.26. The summed E-state index contributed by atoms with van der Waals surface area (Å²) < 4.78 is 5.48. The fourth-order valence-corrected chi connectivity index (χ4v) is 3.51. The molecule has 0 fully saturated rings. The number of ether oxygens (including phenoxy) is 1. The second-order valence-corrected chi connectivity index (χ2v) is 6.68. The zero-order chi connectivity index (χ0) is 19.0. The van der Waals surface area contributed by atoms with Gasteiger partial charge in [0.15, 0.2) is 5.65 Å². The molecule has 0 saturated carbocycles. The Morgan fingerprint density at radius 2 is 1.74 bits per heavy atom. The molecule has 0 aliphatic rings. The minimum absolute atomic E-state index is 0.333. The van der Waals surface area contributed by atoms with E-state index in [1.165, 1.54) is 6.33 Å². The maximum Gasteiger partial charge on any atom is 0.165 e. The third-order valence-corrected chi connectivity index (χ3v) is 4.79. The SMILES string of the molecule is COc1ccccc1-c1cc(-c2ccc(Cl)cc2Cl)c2c(N)ncnc2n1. The number of hydrogen-bond donors (Lipinski definition) is 1. The number of fused-ring (bicyclic) bond motifs is 1. The van der Waals surface area contributed by atoms with Gasteiger partial charge in [0.25, 0.3) is 0 Å². The molecule has 0 bridgehead atoms. The first-order valence-corrected chi connectivity index (χ1v) is 8.84. The van der Waals surface area contributed by atoms with Crippen LogP contribution in [0.15, 0.2) is 54.9 Å². The van der Waals surface area contributed by atoms with E-state index in [-0.39, 0.29) is 0 Å². The summed E-state index contributed by atoms with van der Waals surface area (Å²) in [6, 6.07) is 14.9. The van der Waals surface area contributed by atoms with Crippen LogP contribution in [0, 0.1) is 0 Å². The number of hydrogen-bond acceptors (Lipinski definition) is 5. The lowest BCUT2D eigenvalue weighted by Crippen LogP contribution is -1.99. The fourth-order valence-electron chi connectivity index (χ4n) is 3.00. The maximum absolute atomic E-state index is 6.46. The van der Waals surface area contributed by atoms with E-state index < -0.39 is 0 Å². The molecule has 0 aliphatic heterocycles. The monoisotopic (exact) mass is 396 g/mol. The van der Waals surface area contributed by atoms with Crippen molar-refractivity contribution in [1.82, 2.24) is 15.0 Å². The van der Waals surface area contributed by atoms with Gasteiger partial charge in [0.1, 0.15) is 17.9 Å². The second kappa shape index (κ2) is 7.02. The van der Waals surface area contributed by atoms with Crippen LogP contribution in [-0.2, 0) is 0 Å². The Hall–Kier alpha value is -2.89. The summed E-state index contributed by atoms with van der Waals surface area (Å²) in [5.74, 6) is 1.04. The average Bonchev–Trinajstić information content (AvgIpc) is 2.67. The van der Waals surface area contributed by atoms with Crippen LogP contribution in [0.1, 0.15) is 0 Å². The highest BCUT2D eigenvalue weighted by Crippen LogP contribution is 2.39. The molecule has 2 aromatic carbocycles. The zero-order valence-electron chi connectivity index (χ0n) is 14.3. The summed E-state index contributed by atoms with van der Waals surface area (Å²) in [5.41, 5.74) is 9.69. The van der Waals surface area contributed by atoms with Gasteiger partial charge < -0.3 is 10.5 Å². The van der Waals surface area contributed by atoms with Crippen LogP contribution >= 0.6 is 23.2 Å². The molecule has 4 aromatic rings. The first-order chi connectivity index (χ1) is 13.1. The Morgan fingerprint density at radius 3 is 2.52 bits per heavy atom. The summed E-state index contributed by atoms with van der Waals surface area (Å²) in [5, 5.41) is 1.70. The number of rotatable bonds is 3. The standard InChI is InChI=1S/C20H14Cl2N4O/c1-27-17-5-3-2-4-13(17)16-9-14(12-7-6-11(21)8-15(12)22)18-19(23)24-10-25-20(18)26-16/h2-10H,1H3,(H2,23,24,25,26). The number of para-hydroxylation sites is 1. The summed E-state index contributed by atoms with van der Waals surface area (Å²) in [6.45, 7) is 0. The third kappa shape index (κ3) is 3.16. The number of nitrogens with zero attached hydrogens (tertiary/aromatic N) is 3. The summed E-state index contributed by atoms with van der Waals surface area (Å²) in [6.07, 6.45) is 1.39. The number of pyridine rings is 1. The number of aromatic nitrogens is 3. The molecule has 27 heavy (non-hydrogen) atoms. The predicted molar refractivity (Wildman–Crippen MR) is 109 cm³/mol. The van der Waals surface area contributed by atoms with Gasteiger partial charge in [-0.25, -0.2) is 15.0 Å². The second-order valence-electron chi connectivity index (χ2n) is 5.84. The molecule has 2 aromatic heterocycles. The van der Waals surface area contributed by atoms with Crippen LogP contribution in [0.4, 0.5) is 5.82 Å². The van der Waals surface area contributed by atoms with Gasteiger partial charge in [-0.3, -0.25) is 0 Å². The van der Waals surface area contributed by atoms with Crippen LogP contribution < -0.4 is 10.5 Å². The van der Waals surface area contributed by atoms with E-state index in [1.54, 1.807) is 19.2 Å². The number of methoxy groups -OCH3 is 1. The summed E-state index contributed by atoms with van der Waals surface area (Å²) in [7, 11) is 1.62. The molecule has 2 N–H and O–H groups in total. The molecule has 2 heterocycles. The lowest BCUT2D eigenvalue weighted by atomic mass is 9.99. The van der Waals surface area contributed by atoms with E-state index in [1.807, 2.05) is 36.4 Å². The van der Waals surface area contributed by atoms with Crippen LogP contribution in [-0.4, -0.2) is 22.1 Å². The van der Waals surface area contributed by atoms with E-state index in [0.717, 1.165) is 16.7 Å². The molecule has 0 amide bonds. The number of anilines is 1. The highest BCUT2D eigenvalue weighted by atomic mass is 35.5. The van der Waals surface area contributed by atoms with Crippen molar-refractivity contribution in [1.29, 1.82) is 0 Å². The van der Waals surface area contributed by atoms with Gasteiger partial charge in [-0.05, 0) is 30.3 Å². The van der Waals surface area contributed by atoms with Crippen molar-refractivity contribution >= 4 is 40.1 Å². The van der Waals surface area contributed by atoms with Crippen LogP contribution in [0.3, 0.4) is 0 Å². The Labute approximate surface area is 165 Å². The molecule has 0 spiro atoms. The molecule has 134 valence electrons. The molecular formula is C20H14Cl2N4O. The van der Waals surface area contributed by atoms with Gasteiger partial charge >= 0.3 is 0 Å². The largest absolute Gasteiger partial charge is 0.496 e. The van der Waals surface area contributed by atoms with Crippen LogP contribution in [0.2, 0.25) is 10.0 Å². The zero-order valence-corrected chi connectivity index (χ0v) is 15.8. The molecular weight excluding hydrogens is 383 g/mol. The minimum atomic E-state index is 0.333. The van der Waals surface area contributed by atoms with Crippen molar-refractivity contribution < 1.29 is 4.74 Å². The molecule has 7 heteroatoms. The van der Waals surface area contributed by atoms with E-state index >= 15 is 0 Å². The molecule has 0 unspecified atom stereocenters. The van der Waals surface area contributed by atoms with E-state index in [4.69, 9.17) is 33.7 Å². The molecule has 0 aliphatic carbocycles. The van der Waals surface area contributed by atoms with Gasteiger partial charge in [0, 0.05) is 26.7 Å². The van der Waals surface area contributed by atoms with Crippen molar-refractivity contribution in [3.63, 3.8) is 0 Å². The van der Waals surface area contributed by atoms with Crippen LogP contribution in [0.5, 0.6) is 5.75 Å². The van der Waals surface area contributed by atoms with E-state index in [0.29, 0.717) is 38.3 Å². The smallest absolute Gasteiger partial charge is 0.165 e. The van der Waals surface area contributed by atoms with Gasteiger partial charge in [0.05, 0.1) is 18.2 Å². The third-order valence-electron chi connectivity index (χ3n) is 4.24. The van der Waals surface area contributed by atoms with Crippen molar-refractivity contribution in [2.75, 3.05) is 12.8 Å². The Bertz CT molecular complexity index is 1160. The number of halogens is 2. The number of nitrogen functional groups attached to an aromatic ring is 1. The molecule has 0 saturated heterocycles. The highest BCUT2D eigenvalue weighted by Gasteiger charge is 2.17. The van der Waals surface area contributed by atoms with Gasteiger partial charge in [0.2, 0.25) is 0 Å². The minimum Gasteiger partial charge on any atom is -0.496 e. The molecule has 5 nitrogen and oxygen atoms in total. The normalized spacial score (nSPS) is 10.9. The molecule has 0 radical (unpaired) electrons. The summed E-state index contributed by atoms with van der Waals surface area (Å²) in [4.78, 5) is 13.1. The Morgan fingerprint density at radius 1 is 0.926 bits per heavy atom. The lowest BCUT2D eigenvalue weighted by molar-refractivity contribution is 0.416. The maximum atomic E-state index is 6.46. The molecule has 4 rings (SSSR count). The van der Waals surface area contributed by atoms with Crippen molar-refractivity contribution in [3.05, 3.63) is 64.9 Å². The van der Waals surface area contributed by atoms with Gasteiger partial charge in [-0.2, -0.15) is 0 Å². The number of benzene rings is 2. The van der Waals surface area contributed by atoms with E-state index in [9.17, 15) is 0 Å². The highest BCUT2D eigenvalue weighted by molar-refractivity contribution is 6.36. The summed E-state index contributed by atoms with van der Waals surface area (Å²) >= 11 is 12.5. The van der Waals surface area contributed by atoms with Crippen molar-refractivity contribution in [2.45, 2.75) is 0 Å². The topological polar surface area (TPSA) is 73.9 Å². The van der Waals surface area contributed by atoms with E-state index in [2.05, 4.69) is 15.0 Å². The molecule has 0 atom stereocenters. The van der Waals surface area contributed by atoms with Gasteiger partial charge in [-0.15, -0.1) is 0 Å². The quantitative estimate of drug-likeness (QED) is 0.511. The lowest BCUT2D eigenvalue weighted by Gasteiger charge is -2.13. The first kappa shape index (κ1) is 17.5. The first-order valence-electron chi connectivity index (χ1n) is 8.08. The van der Waals surface area contributed by atoms with Crippen molar-refractivity contribution in [3.8, 4) is 28.1 Å². The average molecular weight is 397 g/mol. The fraction of sp³-hybridized carbons (Fsp3) is 0.0500. The number of nitrogens with two attached hydrogens (primary N) is 1. The Kier molecular flexibility index (Phi) is 4.56. The Balaban J connectivity index is 2.07.